The van der Waals surface area contributed by atoms with Crippen LogP contribution in [0.2, 0.25) is 0 Å². The molecule has 1 saturated carbocycles. The predicted molar refractivity (Wildman–Crippen MR) is 122 cm³/mol. The molecule has 0 saturated heterocycles. The Bertz CT molecular complexity index is 1220. The van der Waals surface area contributed by atoms with E-state index in [1.165, 1.54) is 11.0 Å². The topological polar surface area (TPSA) is 212 Å². The number of anilines is 1. The summed E-state index contributed by atoms with van der Waals surface area (Å²) < 4.78 is 0. The van der Waals surface area contributed by atoms with E-state index < -0.39 is 58.0 Å². The average molecular weight is 485 g/mol. The maximum absolute atomic E-state index is 13.7. The first kappa shape index (κ1) is 25.7. The number of aliphatic hydroxyl groups excluding tert-OH is 2. The summed E-state index contributed by atoms with van der Waals surface area (Å²) in [5.41, 5.74) is 3.15. The number of aromatic hydroxyl groups is 1. The molecule has 1 aromatic rings. The molecular formula is C23H27N5O7. The van der Waals surface area contributed by atoms with Crippen molar-refractivity contribution in [1.29, 1.82) is 10.8 Å². The number of phenols is 1. The molecule has 12 heteroatoms. The number of ketones is 2. The van der Waals surface area contributed by atoms with Crippen LogP contribution < -0.4 is 10.6 Å². The highest BCUT2D eigenvalue weighted by atomic mass is 16.3. The van der Waals surface area contributed by atoms with E-state index in [-0.39, 0.29) is 29.7 Å². The van der Waals surface area contributed by atoms with Crippen molar-refractivity contribution < 1.29 is 34.8 Å². The van der Waals surface area contributed by atoms with E-state index in [0.29, 0.717) is 5.56 Å². The van der Waals surface area contributed by atoms with Crippen LogP contribution in [0, 0.1) is 22.6 Å². The summed E-state index contributed by atoms with van der Waals surface area (Å²) in [4.78, 5) is 42.0. The number of phenolic OH excluding ortho intramolecular Hbond substituents is 1. The minimum atomic E-state index is -2.63. The number of nitrogens with two attached hydrogens (primary N) is 1. The van der Waals surface area contributed by atoms with Crippen LogP contribution in [-0.4, -0.2) is 82.6 Å². The Morgan fingerprint density at radius 2 is 1.71 bits per heavy atom. The standard InChI is InChI=1S/C23H27N3O7.N2/c1-25(2)12-5-6-13(27)15-10(12)7-9-8-11-17(26(3)4)19(29)16(22(24)32)21(31)23(11,33)20(30)14(9)18(15)28;1-2/h5-6,9,11,17,27-28,31,33H,7-8H2,1-4H3,(H2,24,32);/t9-,11+,17-,23-;/m0./s1. The molecule has 3 aliphatic rings. The molecule has 0 unspecified atom stereocenters. The minimum absolute atomic E-state index is 0.0638. The molecule has 0 aliphatic heterocycles. The Labute approximate surface area is 201 Å². The van der Waals surface area contributed by atoms with E-state index in [9.17, 15) is 34.8 Å². The Kier molecular flexibility index (Phi) is 6.37. The van der Waals surface area contributed by atoms with E-state index in [4.69, 9.17) is 16.5 Å². The Morgan fingerprint density at radius 3 is 2.23 bits per heavy atom. The molecule has 12 nitrogen and oxygen atoms in total. The first-order valence-electron chi connectivity index (χ1n) is 10.7. The van der Waals surface area contributed by atoms with Crippen LogP contribution in [0.15, 0.2) is 29.0 Å². The highest BCUT2D eigenvalue weighted by molar-refractivity contribution is 6.24. The number of hydrogen-bond acceptors (Lipinski definition) is 11. The molecule has 4 atom stereocenters. The van der Waals surface area contributed by atoms with Gasteiger partial charge in [-0.25, -0.2) is 0 Å². The number of fused-ring (bicyclic) bond motifs is 3. The van der Waals surface area contributed by atoms with Crippen LogP contribution in [0.1, 0.15) is 17.5 Å². The Balaban J connectivity index is 0.00000167. The van der Waals surface area contributed by atoms with E-state index in [0.717, 1.165) is 5.69 Å². The molecule has 0 aromatic heterocycles. The number of amides is 1. The minimum Gasteiger partial charge on any atom is -0.508 e. The number of aliphatic hydroxyl groups is 3. The van der Waals surface area contributed by atoms with Crippen molar-refractivity contribution in [2.24, 2.45) is 17.6 Å². The average Bonchev–Trinajstić information content (AvgIpc) is 2.77. The van der Waals surface area contributed by atoms with Gasteiger partial charge in [-0.2, -0.15) is 0 Å². The SMILES string of the molecule is CN(C)c1ccc(O)c2c1C[C@H]1C[C@@H]3[C@H](N(C)C)C(=O)C(C(N)=O)=C(O)[C@@]3(O)C(=O)C1=C2O.N#N. The van der Waals surface area contributed by atoms with E-state index in [1.54, 1.807) is 20.2 Å². The van der Waals surface area contributed by atoms with Gasteiger partial charge in [0.15, 0.2) is 11.4 Å². The summed E-state index contributed by atoms with van der Waals surface area (Å²) in [5.74, 6) is -6.54. The number of nitrogens with zero attached hydrogens (tertiary/aromatic N) is 4. The molecule has 3 aliphatic carbocycles. The Morgan fingerprint density at radius 1 is 1.11 bits per heavy atom. The summed E-state index contributed by atoms with van der Waals surface area (Å²) in [5, 5.41) is 55.9. The number of Topliss-reactive ketones (excluding diaryl/α,β-unsaturated/α-hetero) is 2. The number of carbonyl (C=O) groups excluding carboxylic acids is 3. The van der Waals surface area contributed by atoms with Crippen LogP contribution >= 0.6 is 0 Å². The summed E-state index contributed by atoms with van der Waals surface area (Å²) in [6.45, 7) is 0. The third kappa shape index (κ3) is 3.43. The van der Waals surface area contributed by atoms with Crippen molar-refractivity contribution in [2.45, 2.75) is 24.5 Å². The second-order valence-electron chi connectivity index (χ2n) is 9.31. The molecule has 6 N–H and O–H groups in total. The van der Waals surface area contributed by atoms with Crippen molar-refractivity contribution in [3.8, 4) is 5.75 Å². The van der Waals surface area contributed by atoms with E-state index >= 15 is 0 Å². The molecule has 4 rings (SSSR count). The zero-order chi connectivity index (χ0) is 26.6. The molecule has 35 heavy (non-hydrogen) atoms. The highest BCUT2D eigenvalue weighted by Gasteiger charge is 2.64. The van der Waals surface area contributed by atoms with Gasteiger partial charge in [0.1, 0.15) is 22.8 Å². The smallest absolute Gasteiger partial charge is 0.255 e. The van der Waals surface area contributed by atoms with Crippen LogP contribution in [0.25, 0.3) is 5.76 Å². The van der Waals surface area contributed by atoms with Crippen molar-refractivity contribution in [2.75, 3.05) is 33.1 Å². The highest BCUT2D eigenvalue weighted by Crippen LogP contribution is 2.53. The van der Waals surface area contributed by atoms with Crippen LogP contribution in [0.4, 0.5) is 5.69 Å². The predicted octanol–water partition coefficient (Wildman–Crippen LogP) is 0.0602. The lowest BCUT2D eigenvalue weighted by molar-refractivity contribution is -0.153. The first-order chi connectivity index (χ1) is 16.3. The lowest BCUT2D eigenvalue weighted by Gasteiger charge is -2.50. The van der Waals surface area contributed by atoms with E-state index in [2.05, 4.69) is 0 Å². The van der Waals surface area contributed by atoms with Gasteiger partial charge < -0.3 is 31.1 Å². The second kappa shape index (κ2) is 8.68. The number of benzene rings is 1. The summed E-state index contributed by atoms with van der Waals surface area (Å²) in [6.07, 6.45) is 0.324. The number of likely N-dealkylation sites (N-methyl/N-ethyl adjacent to an activating group) is 1. The normalized spacial score (nSPS) is 27.5. The number of carbonyl (C=O) groups is 3. The summed E-state index contributed by atoms with van der Waals surface area (Å²) in [6, 6.07) is 2.01. The zero-order valence-corrected chi connectivity index (χ0v) is 19.7. The molecule has 0 heterocycles. The fourth-order valence-electron chi connectivity index (χ4n) is 5.65. The lowest BCUT2D eigenvalue weighted by atomic mass is 9.57. The maximum atomic E-state index is 13.7. The van der Waals surface area contributed by atoms with Crippen molar-refractivity contribution in [1.82, 2.24) is 4.90 Å². The van der Waals surface area contributed by atoms with Gasteiger partial charge in [-0.05, 0) is 50.6 Å². The fourth-order valence-corrected chi connectivity index (χ4v) is 5.65. The van der Waals surface area contributed by atoms with Gasteiger partial charge in [0.25, 0.3) is 5.91 Å². The molecule has 1 amide bonds. The quantitative estimate of drug-likeness (QED) is 0.285. The van der Waals surface area contributed by atoms with Crippen molar-refractivity contribution in [3.05, 3.63) is 40.2 Å². The summed E-state index contributed by atoms with van der Waals surface area (Å²) in [7, 11) is 6.75. The fraction of sp³-hybridized carbons (Fsp3) is 0.435. The van der Waals surface area contributed by atoms with Gasteiger partial charge in [0.05, 0.1) is 11.6 Å². The first-order valence-corrected chi connectivity index (χ1v) is 10.7. The molecule has 186 valence electrons. The van der Waals surface area contributed by atoms with Gasteiger partial charge in [0.2, 0.25) is 5.78 Å². The third-order valence-electron chi connectivity index (χ3n) is 7.06. The monoisotopic (exact) mass is 485 g/mol. The largest absolute Gasteiger partial charge is 0.508 e. The molecule has 1 fully saturated rings. The van der Waals surface area contributed by atoms with Gasteiger partial charge in [-0.15, -0.1) is 0 Å². The molecule has 0 radical (unpaired) electrons. The van der Waals surface area contributed by atoms with Gasteiger partial charge >= 0.3 is 0 Å². The molecule has 0 spiro atoms. The third-order valence-corrected chi connectivity index (χ3v) is 7.06. The van der Waals surface area contributed by atoms with Crippen molar-refractivity contribution in [3.63, 3.8) is 0 Å². The van der Waals surface area contributed by atoms with Crippen molar-refractivity contribution >= 4 is 28.9 Å². The number of hydrogen-bond donors (Lipinski definition) is 5. The molecule has 0 bridgehead atoms. The number of rotatable bonds is 3. The molecular weight excluding hydrogens is 458 g/mol. The van der Waals surface area contributed by atoms with Gasteiger partial charge in [-0.1, -0.05) is 0 Å². The van der Waals surface area contributed by atoms with Gasteiger partial charge in [-0.3, -0.25) is 19.3 Å². The lowest BCUT2D eigenvalue weighted by Crippen LogP contribution is -2.65. The molecule has 1 aromatic carbocycles. The summed E-state index contributed by atoms with van der Waals surface area (Å²) >= 11 is 0. The van der Waals surface area contributed by atoms with Gasteiger partial charge in [0, 0.05) is 42.1 Å². The second-order valence-corrected chi connectivity index (χ2v) is 9.31. The zero-order valence-electron chi connectivity index (χ0n) is 19.7. The number of primary amides is 1. The van der Waals surface area contributed by atoms with Crippen LogP contribution in [0.3, 0.4) is 0 Å². The van der Waals surface area contributed by atoms with Crippen LogP contribution in [0.5, 0.6) is 5.75 Å². The Hall–Kier alpha value is -3.95. The maximum Gasteiger partial charge on any atom is 0.255 e. The van der Waals surface area contributed by atoms with E-state index in [1.807, 2.05) is 19.0 Å². The van der Waals surface area contributed by atoms with Crippen LogP contribution in [-0.2, 0) is 20.8 Å².